The second-order valence-corrected chi connectivity index (χ2v) is 6.48. The number of aromatic nitrogens is 1. The van der Waals surface area contributed by atoms with E-state index < -0.39 is 35.2 Å². The molecule has 0 saturated carbocycles. The molecular formula is C20H14ClF3N2O4. The van der Waals surface area contributed by atoms with Crippen molar-refractivity contribution in [2.24, 2.45) is 0 Å². The lowest BCUT2D eigenvalue weighted by Crippen LogP contribution is -2.22. The summed E-state index contributed by atoms with van der Waals surface area (Å²) in [5.41, 5.74) is -0.935. The third kappa shape index (κ3) is 4.80. The van der Waals surface area contributed by atoms with Crippen LogP contribution in [0.15, 0.2) is 48.7 Å². The molecule has 0 saturated heterocycles. The third-order valence-corrected chi connectivity index (χ3v) is 4.34. The Hall–Kier alpha value is -3.33. The molecular weight excluding hydrogens is 425 g/mol. The number of alkyl halides is 3. The van der Waals surface area contributed by atoms with Gasteiger partial charge in [-0.05, 0) is 29.0 Å². The monoisotopic (exact) mass is 438 g/mol. The van der Waals surface area contributed by atoms with Crippen molar-refractivity contribution in [2.45, 2.75) is 6.18 Å². The molecule has 156 valence electrons. The van der Waals surface area contributed by atoms with Crippen molar-refractivity contribution in [3.63, 3.8) is 0 Å². The van der Waals surface area contributed by atoms with E-state index in [-0.39, 0.29) is 17.1 Å². The minimum Gasteiger partial charge on any atom is -0.496 e. The van der Waals surface area contributed by atoms with Gasteiger partial charge in [-0.1, -0.05) is 35.9 Å². The predicted molar refractivity (Wildman–Crippen MR) is 104 cm³/mol. The third-order valence-electron chi connectivity index (χ3n) is 4.05. The van der Waals surface area contributed by atoms with E-state index in [2.05, 4.69) is 10.3 Å². The van der Waals surface area contributed by atoms with E-state index in [0.29, 0.717) is 12.3 Å². The molecule has 10 heteroatoms. The summed E-state index contributed by atoms with van der Waals surface area (Å²) < 4.78 is 48.1. The zero-order chi connectivity index (χ0) is 21.9. The Balaban J connectivity index is 1.68. The van der Waals surface area contributed by atoms with E-state index in [9.17, 15) is 22.8 Å². The van der Waals surface area contributed by atoms with Crippen LogP contribution in [-0.4, -0.2) is 30.6 Å². The van der Waals surface area contributed by atoms with Gasteiger partial charge in [-0.25, -0.2) is 9.78 Å². The minimum atomic E-state index is -4.62. The van der Waals surface area contributed by atoms with Gasteiger partial charge in [-0.15, -0.1) is 0 Å². The summed E-state index contributed by atoms with van der Waals surface area (Å²) in [7, 11) is 1.39. The van der Waals surface area contributed by atoms with E-state index in [1.807, 2.05) is 12.1 Å². The maximum Gasteiger partial charge on any atom is 0.417 e. The van der Waals surface area contributed by atoms with Crippen LogP contribution in [0.4, 0.5) is 19.0 Å². The van der Waals surface area contributed by atoms with Crippen LogP contribution in [0, 0.1) is 0 Å². The first kappa shape index (κ1) is 21.4. The molecule has 0 spiro atoms. The number of carbonyl (C=O) groups is 2. The van der Waals surface area contributed by atoms with Crippen LogP contribution in [0.3, 0.4) is 0 Å². The number of nitrogens with one attached hydrogen (secondary N) is 1. The zero-order valence-corrected chi connectivity index (χ0v) is 16.2. The molecule has 1 N–H and O–H groups in total. The number of amides is 1. The summed E-state index contributed by atoms with van der Waals surface area (Å²) in [5.74, 6) is -1.64. The maximum absolute atomic E-state index is 12.6. The molecule has 0 aliphatic heterocycles. The second-order valence-electron chi connectivity index (χ2n) is 6.08. The molecule has 0 aliphatic carbocycles. The van der Waals surface area contributed by atoms with Crippen molar-refractivity contribution in [2.75, 3.05) is 19.0 Å². The molecule has 0 bridgehead atoms. The molecule has 1 amide bonds. The number of fused-ring (bicyclic) bond motifs is 1. The quantitative estimate of drug-likeness (QED) is 0.584. The number of nitrogens with zero attached hydrogens (tertiary/aromatic N) is 1. The fourth-order valence-corrected chi connectivity index (χ4v) is 2.82. The lowest BCUT2D eigenvalue weighted by Gasteiger charge is -2.12. The number of anilines is 1. The molecule has 0 aliphatic rings. The summed E-state index contributed by atoms with van der Waals surface area (Å²) in [6.07, 6.45) is -4.08. The molecule has 6 nitrogen and oxygen atoms in total. The van der Waals surface area contributed by atoms with Crippen molar-refractivity contribution < 1.29 is 32.2 Å². The van der Waals surface area contributed by atoms with Crippen LogP contribution >= 0.6 is 11.6 Å². The molecule has 0 fully saturated rings. The average molecular weight is 439 g/mol. The van der Waals surface area contributed by atoms with Crippen LogP contribution < -0.4 is 10.1 Å². The highest BCUT2D eigenvalue weighted by Gasteiger charge is 2.31. The van der Waals surface area contributed by atoms with Gasteiger partial charge in [0.05, 0.1) is 17.7 Å². The van der Waals surface area contributed by atoms with E-state index in [1.165, 1.54) is 7.11 Å². The molecule has 2 aromatic carbocycles. The Bertz CT molecular complexity index is 1120. The average Bonchev–Trinajstić information content (AvgIpc) is 2.71. The smallest absolute Gasteiger partial charge is 0.417 e. The van der Waals surface area contributed by atoms with Gasteiger partial charge >= 0.3 is 12.1 Å². The fraction of sp³-hybridized carbons (Fsp3) is 0.150. The Morgan fingerprint density at radius 2 is 1.80 bits per heavy atom. The Morgan fingerprint density at radius 1 is 1.13 bits per heavy atom. The standard InChI is InChI=1S/C20H14ClF3N2O4/c1-29-16-7-12-5-3-2-4-11(12)6-14(16)19(28)30-10-17(27)26-18-15(21)8-13(9-25-18)20(22,23)24/h2-9H,10H2,1H3,(H,25,26,27). The maximum atomic E-state index is 12.6. The number of ether oxygens (including phenoxy) is 2. The first-order chi connectivity index (χ1) is 14.2. The van der Waals surface area contributed by atoms with Crippen LogP contribution in [-0.2, 0) is 15.7 Å². The fourth-order valence-electron chi connectivity index (χ4n) is 2.61. The second kappa shape index (κ2) is 8.58. The number of halogens is 4. The van der Waals surface area contributed by atoms with Crippen molar-refractivity contribution in [1.29, 1.82) is 0 Å². The van der Waals surface area contributed by atoms with Crippen LogP contribution in [0.1, 0.15) is 15.9 Å². The first-order valence-electron chi connectivity index (χ1n) is 8.45. The number of hydrogen-bond acceptors (Lipinski definition) is 5. The SMILES string of the molecule is COc1cc2ccccc2cc1C(=O)OCC(=O)Nc1ncc(C(F)(F)F)cc1Cl. The molecule has 0 radical (unpaired) electrons. The van der Waals surface area contributed by atoms with Gasteiger partial charge in [0.1, 0.15) is 11.3 Å². The number of methoxy groups -OCH3 is 1. The minimum absolute atomic E-state index is 0.120. The van der Waals surface area contributed by atoms with Crippen LogP contribution in [0.25, 0.3) is 10.8 Å². The topological polar surface area (TPSA) is 77.5 Å². The summed E-state index contributed by atoms with van der Waals surface area (Å²) in [6.45, 7) is -0.701. The number of carbonyl (C=O) groups excluding carboxylic acids is 2. The van der Waals surface area contributed by atoms with Crippen LogP contribution in [0.2, 0.25) is 5.02 Å². The lowest BCUT2D eigenvalue weighted by molar-refractivity contribution is -0.137. The largest absolute Gasteiger partial charge is 0.496 e. The Morgan fingerprint density at radius 3 is 2.40 bits per heavy atom. The first-order valence-corrected chi connectivity index (χ1v) is 8.83. The highest BCUT2D eigenvalue weighted by Crippen LogP contribution is 2.32. The van der Waals surface area contributed by atoms with Crippen molar-refractivity contribution in [3.05, 3.63) is 64.8 Å². The van der Waals surface area contributed by atoms with E-state index in [4.69, 9.17) is 21.1 Å². The molecule has 0 unspecified atom stereocenters. The summed E-state index contributed by atoms with van der Waals surface area (Å²) in [6, 6.07) is 11.2. The van der Waals surface area contributed by atoms with E-state index in [0.717, 1.165) is 10.8 Å². The van der Waals surface area contributed by atoms with Gasteiger partial charge in [-0.2, -0.15) is 13.2 Å². The van der Waals surface area contributed by atoms with Crippen molar-refractivity contribution in [3.8, 4) is 5.75 Å². The van der Waals surface area contributed by atoms with Gasteiger partial charge in [0.2, 0.25) is 0 Å². The molecule has 1 heterocycles. The summed E-state index contributed by atoms with van der Waals surface area (Å²) in [4.78, 5) is 27.9. The van der Waals surface area contributed by atoms with E-state index >= 15 is 0 Å². The highest BCUT2D eigenvalue weighted by molar-refractivity contribution is 6.33. The van der Waals surface area contributed by atoms with Gasteiger partial charge in [-0.3, -0.25) is 4.79 Å². The van der Waals surface area contributed by atoms with Gasteiger partial charge in [0.15, 0.2) is 12.4 Å². The Labute approximate surface area is 173 Å². The normalized spacial score (nSPS) is 11.2. The van der Waals surface area contributed by atoms with Crippen molar-refractivity contribution in [1.82, 2.24) is 4.98 Å². The molecule has 0 atom stereocenters. The zero-order valence-electron chi connectivity index (χ0n) is 15.4. The molecule has 3 rings (SSSR count). The number of rotatable bonds is 5. The van der Waals surface area contributed by atoms with Gasteiger partial charge < -0.3 is 14.8 Å². The number of hydrogen-bond donors (Lipinski definition) is 1. The molecule has 3 aromatic rings. The van der Waals surface area contributed by atoms with Crippen LogP contribution in [0.5, 0.6) is 5.75 Å². The number of esters is 1. The number of benzene rings is 2. The molecule has 1 aromatic heterocycles. The lowest BCUT2D eigenvalue weighted by atomic mass is 10.1. The van der Waals surface area contributed by atoms with Gasteiger partial charge in [0, 0.05) is 6.20 Å². The number of pyridine rings is 1. The van der Waals surface area contributed by atoms with Gasteiger partial charge in [0.25, 0.3) is 5.91 Å². The summed E-state index contributed by atoms with van der Waals surface area (Å²) >= 11 is 5.73. The van der Waals surface area contributed by atoms with Crippen molar-refractivity contribution >= 4 is 40.1 Å². The predicted octanol–water partition coefficient (Wildman–Crippen LogP) is 4.71. The van der Waals surface area contributed by atoms with E-state index in [1.54, 1.807) is 24.3 Å². The highest BCUT2D eigenvalue weighted by atomic mass is 35.5. The Kier molecular flexibility index (Phi) is 6.12. The molecule has 30 heavy (non-hydrogen) atoms. The summed E-state index contributed by atoms with van der Waals surface area (Å²) in [5, 5.41) is 3.42.